The second-order valence-corrected chi connectivity index (χ2v) is 8.53. The lowest BCUT2D eigenvalue weighted by atomic mass is 10.1. The summed E-state index contributed by atoms with van der Waals surface area (Å²) < 4.78 is 42.3. The van der Waals surface area contributed by atoms with Crippen molar-refractivity contribution < 1.29 is 61.8 Å². The maximum atomic E-state index is 12.4. The van der Waals surface area contributed by atoms with Crippen LogP contribution in [0.2, 0.25) is 0 Å². The predicted octanol–water partition coefficient (Wildman–Crippen LogP) is -3.81. The van der Waals surface area contributed by atoms with Crippen LogP contribution in [0, 0.1) is 0 Å². The molecule has 1 aromatic carbocycles. The largest absolute Gasteiger partial charge is 0.542 e. The molecule has 1 fully saturated rings. The number of guanidine groups is 1. The van der Waals surface area contributed by atoms with E-state index in [2.05, 4.69) is 20.9 Å². The molecule has 1 saturated heterocycles. The Morgan fingerprint density at radius 1 is 1.15 bits per heavy atom. The second kappa shape index (κ2) is 16.5. The fraction of sp³-hybridized carbons (Fsp3) is 0.478. The van der Waals surface area contributed by atoms with Crippen LogP contribution in [0.4, 0.5) is 18.0 Å². The Morgan fingerprint density at radius 2 is 1.76 bits per heavy atom. The van der Waals surface area contributed by atoms with Gasteiger partial charge in [0.15, 0.2) is 0 Å². The number of carboxylic acids is 2. The van der Waals surface area contributed by atoms with Crippen LogP contribution in [-0.2, 0) is 35.3 Å². The quantitative estimate of drug-likeness (QED) is 0.0969. The van der Waals surface area contributed by atoms with Gasteiger partial charge in [0.25, 0.3) is 5.91 Å². The number of nitrogens with two attached hydrogens (primary N) is 2. The lowest BCUT2D eigenvalue weighted by molar-refractivity contribution is -0.446. The lowest BCUT2D eigenvalue weighted by Gasteiger charge is -2.21. The molecule has 3 amide bonds. The van der Waals surface area contributed by atoms with Crippen molar-refractivity contribution in [3.63, 3.8) is 0 Å². The minimum Gasteiger partial charge on any atom is -0.542 e. The molecule has 0 bridgehead atoms. The minimum absolute atomic E-state index is 0.0225. The fourth-order valence-corrected chi connectivity index (χ4v) is 3.23. The summed E-state index contributed by atoms with van der Waals surface area (Å²) in [4.78, 5) is 59.0. The average molecular weight is 593 g/mol. The zero-order chi connectivity index (χ0) is 31.2. The number of aliphatic carboxylic acids is 2. The zero-order valence-corrected chi connectivity index (χ0v) is 21.7. The van der Waals surface area contributed by atoms with Crippen molar-refractivity contribution in [2.45, 2.75) is 56.8 Å². The maximum Gasteiger partial charge on any atom is 0.430 e. The lowest BCUT2D eigenvalue weighted by Crippen LogP contribution is -2.80. The van der Waals surface area contributed by atoms with Crippen LogP contribution in [-0.4, -0.2) is 84.5 Å². The number of carbonyl (C=O) groups excluding carboxylic acids is 4. The number of alkyl carbamates (subject to hydrolysis) is 1. The van der Waals surface area contributed by atoms with Gasteiger partial charge in [-0.3, -0.25) is 26.0 Å². The van der Waals surface area contributed by atoms with E-state index < -0.39 is 48.4 Å². The minimum atomic E-state index is -5.19. The van der Waals surface area contributed by atoms with E-state index in [1.54, 1.807) is 31.2 Å². The number of carboxylic acid groups (broad SMARTS) is 2. The van der Waals surface area contributed by atoms with Crippen molar-refractivity contribution in [1.82, 2.24) is 16.0 Å². The number of halogens is 3. The van der Waals surface area contributed by atoms with Gasteiger partial charge in [0, 0.05) is 6.54 Å². The molecule has 2 rings (SSSR count). The number of ether oxygens (including phenoxy) is 2. The van der Waals surface area contributed by atoms with E-state index in [0.717, 1.165) is 5.56 Å². The van der Waals surface area contributed by atoms with Crippen molar-refractivity contribution >= 4 is 35.8 Å². The van der Waals surface area contributed by atoms with Crippen LogP contribution in [0.3, 0.4) is 0 Å². The number of nitrogens with one attached hydrogen (secondary N) is 4. The highest BCUT2D eigenvalue weighted by Gasteiger charge is 2.35. The molecule has 1 aliphatic rings. The van der Waals surface area contributed by atoms with Gasteiger partial charge in [0.05, 0.1) is 12.1 Å². The van der Waals surface area contributed by atoms with Crippen LogP contribution < -0.4 is 37.5 Å². The molecule has 0 unspecified atom stereocenters. The van der Waals surface area contributed by atoms with E-state index in [1.165, 1.54) is 0 Å². The number of amides is 3. The van der Waals surface area contributed by atoms with E-state index in [9.17, 15) is 37.5 Å². The number of benzene rings is 1. The zero-order valence-electron chi connectivity index (χ0n) is 21.7. The van der Waals surface area contributed by atoms with Gasteiger partial charge in [0.1, 0.15) is 31.3 Å². The summed E-state index contributed by atoms with van der Waals surface area (Å²) in [5.41, 5.74) is 11.2. The first kappa shape index (κ1) is 34.4. The van der Waals surface area contributed by atoms with Crippen molar-refractivity contribution in [1.29, 1.82) is 0 Å². The first-order valence-corrected chi connectivity index (χ1v) is 11.9. The van der Waals surface area contributed by atoms with Gasteiger partial charge >= 0.3 is 24.2 Å². The van der Waals surface area contributed by atoms with Gasteiger partial charge < -0.3 is 40.4 Å². The molecule has 0 saturated carbocycles. The molecule has 1 aromatic rings. The van der Waals surface area contributed by atoms with E-state index >= 15 is 0 Å². The highest BCUT2D eigenvalue weighted by molar-refractivity contribution is 5.84. The van der Waals surface area contributed by atoms with Crippen molar-refractivity contribution in [2.24, 2.45) is 11.5 Å². The molecule has 9 N–H and O–H groups in total. The van der Waals surface area contributed by atoms with Gasteiger partial charge in [-0.25, -0.2) is 9.59 Å². The standard InChI is InChI=1S/C21H30N6O7.C2HF3O2/c1-12(26-17(28)10-25-20(22)23)15-7-8-16(34-15)18(29)24-9-14(19(30)31)27-21(32)33-11-13-5-3-2-4-6-13;3-2(4,5)1(6)7/h2-6,12,14-16H,7-11H2,1H3,(H,24,29)(H,26,28)(H,27,32)(H,30,31)(H4,22,23,25);(H,6,7)/t12-,14-,15-,16+;/m0./s1. The number of hydrogen-bond acceptors (Lipinski definition) is 8. The molecule has 18 heteroatoms. The summed E-state index contributed by atoms with van der Waals surface area (Å²) in [5.74, 6) is -5.27. The molecular weight excluding hydrogens is 561 g/mol. The van der Waals surface area contributed by atoms with E-state index in [4.69, 9.17) is 30.8 Å². The third kappa shape index (κ3) is 13.8. The Bertz CT molecular complexity index is 1080. The monoisotopic (exact) mass is 592 g/mol. The Hall–Kier alpha value is -4.61. The molecular formula is C23H31F3N6O9. The molecule has 0 spiro atoms. The average Bonchev–Trinajstić information content (AvgIpc) is 3.39. The number of carbonyl (C=O) groups is 5. The smallest absolute Gasteiger partial charge is 0.430 e. The molecule has 4 atom stereocenters. The molecule has 0 aliphatic carbocycles. The molecule has 0 aromatic heterocycles. The summed E-state index contributed by atoms with van der Waals surface area (Å²) >= 11 is 0. The van der Waals surface area contributed by atoms with Crippen LogP contribution in [0.5, 0.6) is 0 Å². The van der Waals surface area contributed by atoms with Crippen molar-refractivity contribution in [2.75, 3.05) is 13.1 Å². The molecule has 1 aliphatic heterocycles. The highest BCUT2D eigenvalue weighted by atomic mass is 19.4. The summed E-state index contributed by atoms with van der Waals surface area (Å²) in [7, 11) is 0. The number of alkyl halides is 3. The third-order valence-corrected chi connectivity index (χ3v) is 5.26. The summed E-state index contributed by atoms with van der Waals surface area (Å²) in [6, 6.07) is 7.13. The van der Waals surface area contributed by atoms with E-state index in [0.29, 0.717) is 12.8 Å². The van der Waals surface area contributed by atoms with Gasteiger partial charge in [-0.1, -0.05) is 30.3 Å². The fourth-order valence-electron chi connectivity index (χ4n) is 3.23. The number of rotatable bonds is 11. The molecule has 41 heavy (non-hydrogen) atoms. The second-order valence-electron chi connectivity index (χ2n) is 8.53. The van der Waals surface area contributed by atoms with Gasteiger partial charge in [0.2, 0.25) is 5.91 Å². The Morgan fingerprint density at radius 3 is 2.29 bits per heavy atom. The van der Waals surface area contributed by atoms with Gasteiger partial charge in [-0.2, -0.15) is 13.2 Å². The Balaban J connectivity index is 0.00000106. The molecule has 228 valence electrons. The molecule has 15 nitrogen and oxygen atoms in total. The first-order chi connectivity index (χ1) is 19.1. The van der Waals surface area contributed by atoms with Crippen LogP contribution >= 0.6 is 0 Å². The Labute approximate surface area is 231 Å². The summed E-state index contributed by atoms with van der Waals surface area (Å²) in [5, 5.41) is 25.5. The SMILES string of the molecule is C[C@H](NC(=O)C[NH+]=C(N)N)[C@@H]1CC[C@H](C(=O)NC[C@H](NC(=O)OCc2ccccc2)C(=O)O)O1.O=C([O-])C(F)(F)F. The summed E-state index contributed by atoms with van der Waals surface area (Å²) in [6.45, 7) is 1.27. The summed E-state index contributed by atoms with van der Waals surface area (Å²) in [6.07, 6.45) is -6.42. The van der Waals surface area contributed by atoms with Crippen LogP contribution in [0.25, 0.3) is 0 Å². The predicted molar refractivity (Wildman–Crippen MR) is 130 cm³/mol. The van der Waals surface area contributed by atoms with Crippen LogP contribution in [0.1, 0.15) is 25.3 Å². The molecule has 0 radical (unpaired) electrons. The number of hydrogen-bond donors (Lipinski definition) is 7. The van der Waals surface area contributed by atoms with E-state index in [1.807, 2.05) is 6.07 Å². The topological polar surface area (TPSA) is 249 Å². The van der Waals surface area contributed by atoms with Crippen molar-refractivity contribution in [3.05, 3.63) is 35.9 Å². The highest BCUT2D eigenvalue weighted by Crippen LogP contribution is 2.22. The third-order valence-electron chi connectivity index (χ3n) is 5.26. The van der Waals surface area contributed by atoms with Gasteiger partial charge in [-0.05, 0) is 25.3 Å². The first-order valence-electron chi connectivity index (χ1n) is 11.9. The van der Waals surface area contributed by atoms with E-state index in [-0.39, 0.29) is 37.6 Å². The Kier molecular flexibility index (Phi) is 13.8. The molecule has 1 heterocycles. The van der Waals surface area contributed by atoms with Crippen molar-refractivity contribution in [3.8, 4) is 0 Å². The normalized spacial score (nSPS) is 17.5. The van der Waals surface area contributed by atoms with Gasteiger partial charge in [-0.15, -0.1) is 0 Å². The maximum absolute atomic E-state index is 12.4. The van der Waals surface area contributed by atoms with Crippen LogP contribution in [0.15, 0.2) is 30.3 Å².